The number of ether oxygens (including phenoxy) is 2. The number of carbonyl (C=O) groups is 2. The van der Waals surface area contributed by atoms with Crippen molar-refractivity contribution in [2.45, 2.75) is 40.2 Å². The van der Waals surface area contributed by atoms with Gasteiger partial charge in [0.15, 0.2) is 23.1 Å². The normalized spacial score (nSPS) is 18.1. The third kappa shape index (κ3) is 6.51. The lowest BCUT2D eigenvalue weighted by Crippen LogP contribution is -2.45. The van der Waals surface area contributed by atoms with Gasteiger partial charge >= 0.3 is 5.97 Å². The number of nitrogens with zero attached hydrogens (tertiary/aromatic N) is 1. The summed E-state index contributed by atoms with van der Waals surface area (Å²) < 4.78 is 33.9. The summed E-state index contributed by atoms with van der Waals surface area (Å²) in [5.74, 6) is -0.233. The summed E-state index contributed by atoms with van der Waals surface area (Å²) in [6.45, 7) is 7.55. The first kappa shape index (κ1) is 22.2. The molecule has 1 aliphatic rings. The van der Waals surface area contributed by atoms with Crippen molar-refractivity contribution < 1.29 is 27.5 Å². The number of hydrogen-bond acceptors (Lipinski definition) is 6. The van der Waals surface area contributed by atoms with Gasteiger partial charge in [0.05, 0.1) is 11.5 Å². The van der Waals surface area contributed by atoms with Crippen LogP contribution in [0.5, 0.6) is 5.75 Å². The molecular formula is C20H29NO6S. The molecule has 1 fully saturated rings. The van der Waals surface area contributed by atoms with E-state index in [0.29, 0.717) is 18.7 Å². The van der Waals surface area contributed by atoms with Crippen LogP contribution in [0.25, 0.3) is 0 Å². The van der Waals surface area contributed by atoms with E-state index in [1.165, 1.54) is 4.90 Å². The van der Waals surface area contributed by atoms with Crippen molar-refractivity contribution in [3.63, 3.8) is 0 Å². The van der Waals surface area contributed by atoms with Gasteiger partial charge in [-0.3, -0.25) is 4.79 Å². The van der Waals surface area contributed by atoms with Crippen LogP contribution in [0.4, 0.5) is 0 Å². The van der Waals surface area contributed by atoms with E-state index in [9.17, 15) is 18.0 Å². The van der Waals surface area contributed by atoms with E-state index in [1.807, 2.05) is 39.8 Å². The molecule has 0 bridgehead atoms. The van der Waals surface area contributed by atoms with E-state index in [0.717, 1.165) is 11.1 Å². The molecule has 1 amide bonds. The Morgan fingerprint density at radius 1 is 1.18 bits per heavy atom. The zero-order chi connectivity index (χ0) is 20.9. The summed E-state index contributed by atoms with van der Waals surface area (Å²) in [5.41, 5.74) is 2.18. The summed E-state index contributed by atoms with van der Waals surface area (Å²) in [6, 6.07) is 5.15. The number of sulfone groups is 1. The van der Waals surface area contributed by atoms with Gasteiger partial charge in [0.25, 0.3) is 5.91 Å². The molecule has 28 heavy (non-hydrogen) atoms. The van der Waals surface area contributed by atoms with Gasteiger partial charge in [0.2, 0.25) is 0 Å². The highest BCUT2D eigenvalue weighted by Gasteiger charge is 2.35. The maximum absolute atomic E-state index is 12.6. The van der Waals surface area contributed by atoms with Crippen LogP contribution in [0.2, 0.25) is 0 Å². The van der Waals surface area contributed by atoms with E-state index >= 15 is 0 Å². The first-order valence-corrected chi connectivity index (χ1v) is 11.2. The van der Waals surface area contributed by atoms with Gasteiger partial charge in [-0.1, -0.05) is 19.9 Å². The Morgan fingerprint density at radius 3 is 2.46 bits per heavy atom. The molecule has 0 aliphatic carbocycles. The minimum absolute atomic E-state index is 0.0324. The molecule has 0 spiro atoms. The van der Waals surface area contributed by atoms with Crippen LogP contribution in [-0.4, -0.2) is 62.5 Å². The lowest BCUT2D eigenvalue weighted by atomic mass is 10.1. The van der Waals surface area contributed by atoms with Crippen LogP contribution in [0.3, 0.4) is 0 Å². The second-order valence-corrected chi connectivity index (χ2v) is 9.92. The van der Waals surface area contributed by atoms with Crippen molar-refractivity contribution in [3.8, 4) is 5.75 Å². The van der Waals surface area contributed by atoms with E-state index in [1.54, 1.807) is 6.07 Å². The van der Waals surface area contributed by atoms with Crippen LogP contribution in [-0.2, 0) is 24.2 Å². The maximum Gasteiger partial charge on any atom is 0.344 e. The van der Waals surface area contributed by atoms with E-state index in [4.69, 9.17) is 9.47 Å². The predicted molar refractivity (Wildman–Crippen MR) is 106 cm³/mol. The Kier molecular flexibility index (Phi) is 7.46. The fourth-order valence-corrected chi connectivity index (χ4v) is 4.81. The van der Waals surface area contributed by atoms with E-state index in [-0.39, 0.29) is 36.0 Å². The molecule has 1 atom stereocenters. The topological polar surface area (TPSA) is 90.0 Å². The van der Waals surface area contributed by atoms with Crippen molar-refractivity contribution in [1.82, 2.24) is 4.90 Å². The Labute approximate surface area is 166 Å². The van der Waals surface area contributed by atoms with Gasteiger partial charge in [0, 0.05) is 12.6 Å². The molecule has 156 valence electrons. The standard InChI is InChI=1S/C20H29NO6S/c1-14(2)10-21(17-7-8-28(24,25)13-17)19(22)11-27-20(23)12-26-18-6-5-15(3)16(4)9-18/h5-6,9,14,17H,7-8,10-13H2,1-4H3/t17-/m0/s1. The average molecular weight is 412 g/mol. The van der Waals surface area contributed by atoms with Crippen molar-refractivity contribution in [2.75, 3.05) is 31.3 Å². The Bertz CT molecular complexity index is 818. The van der Waals surface area contributed by atoms with Gasteiger partial charge in [-0.2, -0.15) is 0 Å². The number of rotatable bonds is 8. The van der Waals surface area contributed by atoms with E-state index in [2.05, 4.69) is 0 Å². The minimum Gasteiger partial charge on any atom is -0.482 e. The molecule has 0 N–H and O–H groups in total. The number of hydrogen-bond donors (Lipinski definition) is 0. The monoisotopic (exact) mass is 411 g/mol. The van der Waals surface area contributed by atoms with Crippen molar-refractivity contribution >= 4 is 21.7 Å². The van der Waals surface area contributed by atoms with Gasteiger partial charge in [-0.25, -0.2) is 13.2 Å². The number of amides is 1. The molecule has 2 rings (SSSR count). The zero-order valence-corrected chi connectivity index (χ0v) is 17.8. The molecule has 1 saturated heterocycles. The fourth-order valence-electron chi connectivity index (χ4n) is 3.08. The van der Waals surface area contributed by atoms with Crippen molar-refractivity contribution in [3.05, 3.63) is 29.3 Å². The van der Waals surface area contributed by atoms with E-state index < -0.39 is 22.4 Å². The Morgan fingerprint density at radius 2 is 1.89 bits per heavy atom. The second-order valence-electron chi connectivity index (χ2n) is 7.69. The van der Waals surface area contributed by atoms with Crippen LogP contribution in [0, 0.1) is 19.8 Å². The van der Waals surface area contributed by atoms with Gasteiger partial charge in [-0.15, -0.1) is 0 Å². The molecule has 1 aromatic rings. The summed E-state index contributed by atoms with van der Waals surface area (Å²) in [5, 5.41) is 0. The van der Waals surface area contributed by atoms with Gasteiger partial charge in [0.1, 0.15) is 5.75 Å². The van der Waals surface area contributed by atoms with Crippen LogP contribution in [0.15, 0.2) is 18.2 Å². The molecule has 1 aliphatic heterocycles. The summed E-state index contributed by atoms with van der Waals surface area (Å²) in [6.07, 6.45) is 0.421. The molecule has 1 aromatic carbocycles. The maximum atomic E-state index is 12.6. The second kappa shape index (κ2) is 9.41. The Hall–Kier alpha value is -2.09. The average Bonchev–Trinajstić information content (AvgIpc) is 2.98. The Balaban J connectivity index is 1.86. The molecule has 0 saturated carbocycles. The highest BCUT2D eigenvalue weighted by molar-refractivity contribution is 7.91. The lowest BCUT2D eigenvalue weighted by Gasteiger charge is -2.29. The fraction of sp³-hybridized carbons (Fsp3) is 0.600. The van der Waals surface area contributed by atoms with Gasteiger partial charge < -0.3 is 14.4 Å². The number of esters is 1. The third-order valence-corrected chi connectivity index (χ3v) is 6.47. The molecular weight excluding hydrogens is 382 g/mol. The number of carbonyl (C=O) groups excluding carboxylic acids is 2. The zero-order valence-electron chi connectivity index (χ0n) is 16.9. The summed E-state index contributed by atoms with van der Waals surface area (Å²) in [4.78, 5) is 26.0. The first-order valence-electron chi connectivity index (χ1n) is 9.43. The molecule has 0 aromatic heterocycles. The summed E-state index contributed by atoms with van der Waals surface area (Å²) >= 11 is 0. The third-order valence-electron chi connectivity index (χ3n) is 4.72. The van der Waals surface area contributed by atoms with Crippen molar-refractivity contribution in [1.29, 1.82) is 0 Å². The molecule has 0 unspecified atom stereocenters. The predicted octanol–water partition coefficient (Wildman–Crippen LogP) is 1.90. The highest BCUT2D eigenvalue weighted by Crippen LogP contribution is 2.19. The van der Waals surface area contributed by atoms with Crippen LogP contribution >= 0.6 is 0 Å². The van der Waals surface area contributed by atoms with Crippen molar-refractivity contribution in [2.24, 2.45) is 5.92 Å². The lowest BCUT2D eigenvalue weighted by molar-refractivity contribution is -0.154. The van der Waals surface area contributed by atoms with Crippen LogP contribution < -0.4 is 4.74 Å². The molecule has 1 heterocycles. The SMILES string of the molecule is Cc1ccc(OCC(=O)OCC(=O)N(CC(C)C)[C@H]2CCS(=O)(=O)C2)cc1C. The smallest absolute Gasteiger partial charge is 0.344 e. The largest absolute Gasteiger partial charge is 0.482 e. The quantitative estimate of drug-likeness (QED) is 0.607. The number of benzene rings is 1. The van der Waals surface area contributed by atoms with Crippen LogP contribution in [0.1, 0.15) is 31.4 Å². The molecule has 7 nitrogen and oxygen atoms in total. The summed E-state index contributed by atoms with van der Waals surface area (Å²) in [7, 11) is -3.11. The van der Waals surface area contributed by atoms with Gasteiger partial charge in [-0.05, 0) is 49.4 Å². The first-order chi connectivity index (χ1) is 13.1. The minimum atomic E-state index is -3.11. The molecule has 0 radical (unpaired) electrons. The highest BCUT2D eigenvalue weighted by atomic mass is 32.2. The number of aryl methyl sites for hydroxylation is 2. The molecule has 8 heteroatoms.